The van der Waals surface area contributed by atoms with Gasteiger partial charge in [0.15, 0.2) is 0 Å². The Labute approximate surface area is 183 Å². The fourth-order valence-corrected chi connectivity index (χ4v) is 2.71. The summed E-state index contributed by atoms with van der Waals surface area (Å²) in [6.07, 6.45) is 5.20. The number of hydrogen-bond acceptors (Lipinski definition) is 7. The van der Waals surface area contributed by atoms with Crippen molar-refractivity contribution in [3.8, 4) is 0 Å². The van der Waals surface area contributed by atoms with Crippen molar-refractivity contribution < 1.29 is 29.6 Å². The van der Waals surface area contributed by atoms with Gasteiger partial charge in [-0.3, -0.25) is 29.8 Å². The van der Waals surface area contributed by atoms with Gasteiger partial charge in [-0.15, -0.1) is 0 Å². The molecule has 2 radical (unpaired) electrons. The van der Waals surface area contributed by atoms with E-state index < -0.39 is 45.5 Å². The molecule has 12 heteroatoms. The van der Waals surface area contributed by atoms with Gasteiger partial charge >= 0.3 is 39.2 Å². The summed E-state index contributed by atoms with van der Waals surface area (Å²) in [5, 5.41) is 43.6. The van der Waals surface area contributed by atoms with Crippen LogP contribution in [0.5, 0.6) is 0 Å². The first-order valence-electron chi connectivity index (χ1n) is 7.94. The number of carbonyl (C=O) groups is 2. The van der Waals surface area contributed by atoms with Gasteiger partial charge in [0.25, 0.3) is 11.4 Å². The van der Waals surface area contributed by atoms with Crippen LogP contribution in [0, 0.1) is 26.1 Å². The normalized spacial score (nSPS) is 13.7. The molecule has 3 N–H and O–H groups in total. The third-order valence-electron chi connectivity index (χ3n) is 3.98. The number of rotatable bonds is 8. The number of nitro benzene ring substituents is 2. The fraction of sp³-hybridized carbons (Fsp3) is 0.176. The summed E-state index contributed by atoms with van der Waals surface area (Å²) in [5.74, 6) is -3.74. The molecule has 1 aromatic carbocycles. The molecule has 1 aliphatic rings. The van der Waals surface area contributed by atoms with Crippen LogP contribution in [-0.2, 0) is 9.59 Å². The van der Waals surface area contributed by atoms with E-state index in [4.69, 9.17) is 5.11 Å². The minimum atomic E-state index is -1.30. The number of allylic oxidation sites excluding steroid dienone is 3. The van der Waals surface area contributed by atoms with Gasteiger partial charge < -0.3 is 15.5 Å². The third kappa shape index (κ3) is 5.94. The zero-order valence-electron chi connectivity index (χ0n) is 15.0. The van der Waals surface area contributed by atoms with Gasteiger partial charge in [0.05, 0.1) is 33.1 Å². The maximum atomic E-state index is 11.7. The van der Waals surface area contributed by atoms with Crippen LogP contribution in [0.1, 0.15) is 18.4 Å². The number of aliphatic carboxylic acids is 2. The second-order valence-electron chi connectivity index (χ2n) is 5.73. The Morgan fingerprint density at radius 3 is 2.34 bits per heavy atom. The van der Waals surface area contributed by atoms with Gasteiger partial charge in [-0.2, -0.15) is 0 Å². The van der Waals surface area contributed by atoms with Crippen LogP contribution >= 0.6 is 0 Å². The molecule has 1 atom stereocenters. The van der Waals surface area contributed by atoms with Crippen molar-refractivity contribution in [1.82, 2.24) is 5.32 Å². The number of non-ortho nitro benzene ring substituents is 1. The first-order chi connectivity index (χ1) is 13.2. The molecule has 0 bridgehead atoms. The number of carboxylic acids is 2. The van der Waals surface area contributed by atoms with Crippen molar-refractivity contribution in [1.29, 1.82) is 0 Å². The van der Waals surface area contributed by atoms with E-state index in [1.54, 1.807) is 0 Å². The molecule has 1 heterocycles. The number of nitrogens with zero attached hydrogens (tertiary/aromatic N) is 2. The van der Waals surface area contributed by atoms with Gasteiger partial charge in [-0.1, -0.05) is 12.2 Å². The molecule has 0 saturated carbocycles. The molecule has 0 saturated heterocycles. The zero-order valence-corrected chi connectivity index (χ0v) is 20.5. The predicted octanol–water partition coefficient (Wildman–Crippen LogP) is 1.54. The van der Waals surface area contributed by atoms with Crippen molar-refractivity contribution in [2.75, 3.05) is 0 Å². The minimum absolute atomic E-state index is 0. The van der Waals surface area contributed by atoms with Crippen LogP contribution in [0.25, 0.3) is 5.70 Å². The van der Waals surface area contributed by atoms with E-state index in [1.807, 2.05) is 0 Å². The summed E-state index contributed by atoms with van der Waals surface area (Å²) in [4.78, 5) is 43.4. The van der Waals surface area contributed by atoms with Crippen molar-refractivity contribution in [2.45, 2.75) is 12.8 Å². The Bertz CT molecular complexity index is 939. The molecule has 0 amide bonds. The molecule has 0 aliphatic carbocycles. The average Bonchev–Trinajstić information content (AvgIpc) is 2.86. The van der Waals surface area contributed by atoms with Crippen LogP contribution < -0.4 is 5.32 Å². The summed E-state index contributed by atoms with van der Waals surface area (Å²) in [6, 6.07) is 3.01. The van der Waals surface area contributed by atoms with Gasteiger partial charge in [-0.25, -0.2) is 0 Å². The molecule has 2 rings (SSSR count). The number of nitrogens with one attached hydrogen (secondary N) is 1. The summed E-state index contributed by atoms with van der Waals surface area (Å²) < 4.78 is 0. The Morgan fingerprint density at radius 1 is 1.10 bits per heavy atom. The third-order valence-corrected chi connectivity index (χ3v) is 3.98. The van der Waals surface area contributed by atoms with Gasteiger partial charge in [0.1, 0.15) is 0 Å². The van der Waals surface area contributed by atoms with Crippen molar-refractivity contribution in [3.63, 3.8) is 0 Å². The van der Waals surface area contributed by atoms with E-state index in [2.05, 4.69) is 5.32 Å². The summed E-state index contributed by atoms with van der Waals surface area (Å²) in [6.45, 7) is 0. The van der Waals surface area contributed by atoms with Crippen LogP contribution in [0.4, 0.5) is 11.4 Å². The van der Waals surface area contributed by atoms with Crippen molar-refractivity contribution in [3.05, 3.63) is 74.0 Å². The molecule has 1 aromatic rings. The SMILES string of the molecule is O=C(O)CCC(C(=O)O)C1=C(c2ccc([N+](=O)[O-])cc2[N+](=O)[O-])NC=CC=C1.[PbH2]. The quantitative estimate of drug-likeness (QED) is 0.228. The van der Waals surface area contributed by atoms with Crippen LogP contribution in [0.3, 0.4) is 0 Å². The van der Waals surface area contributed by atoms with Gasteiger partial charge in [0, 0.05) is 18.7 Å². The van der Waals surface area contributed by atoms with Crippen LogP contribution in [0.2, 0.25) is 0 Å². The molecule has 1 unspecified atom stereocenters. The predicted molar refractivity (Wildman–Crippen MR) is 105 cm³/mol. The van der Waals surface area contributed by atoms with Crippen LogP contribution in [0.15, 0.2) is 48.2 Å². The first-order valence-corrected chi connectivity index (χ1v) is 7.94. The Kier molecular flexibility index (Phi) is 8.62. The Morgan fingerprint density at radius 2 is 1.79 bits per heavy atom. The van der Waals surface area contributed by atoms with Crippen molar-refractivity contribution >= 4 is 56.3 Å². The van der Waals surface area contributed by atoms with E-state index >= 15 is 0 Å². The maximum absolute atomic E-state index is 11.7. The zero-order chi connectivity index (χ0) is 20.8. The Hall–Kier alpha value is -3.10. The van der Waals surface area contributed by atoms with E-state index in [-0.39, 0.29) is 50.6 Å². The summed E-state index contributed by atoms with van der Waals surface area (Å²) >= 11 is 0. The molecular weight excluding hydrogens is 581 g/mol. The van der Waals surface area contributed by atoms with E-state index in [9.17, 15) is 34.9 Å². The van der Waals surface area contributed by atoms with Gasteiger partial charge in [-0.05, 0) is 24.1 Å². The first kappa shape index (κ1) is 23.9. The Balaban J connectivity index is 0.00000420. The average molecular weight is 599 g/mol. The van der Waals surface area contributed by atoms with Crippen molar-refractivity contribution in [2.24, 2.45) is 5.92 Å². The number of carboxylic acid groups (broad SMARTS) is 2. The van der Waals surface area contributed by atoms with E-state index in [0.29, 0.717) is 0 Å². The second-order valence-corrected chi connectivity index (χ2v) is 5.73. The van der Waals surface area contributed by atoms with E-state index in [1.165, 1.54) is 24.4 Å². The topological polar surface area (TPSA) is 173 Å². The second kappa shape index (κ2) is 10.4. The molecule has 1 aliphatic heterocycles. The molecule has 29 heavy (non-hydrogen) atoms. The number of benzene rings is 1. The molecule has 152 valence electrons. The molecule has 0 spiro atoms. The number of hydrogen-bond donors (Lipinski definition) is 3. The van der Waals surface area contributed by atoms with E-state index in [0.717, 1.165) is 18.2 Å². The number of nitro groups is 2. The molecule has 0 fully saturated rings. The molecule has 0 aromatic heterocycles. The fourth-order valence-electron chi connectivity index (χ4n) is 2.71. The summed E-state index contributed by atoms with van der Waals surface area (Å²) in [7, 11) is 0. The molecule has 11 nitrogen and oxygen atoms in total. The summed E-state index contributed by atoms with van der Waals surface area (Å²) in [5.41, 5.74) is -0.943. The standard InChI is InChI=1S/C17H15N3O8.Pb.2H/c21-15(22)7-6-12(17(23)24)11-3-1-2-8-18-16(11)13-5-4-10(19(25)26)9-14(13)20(27)28;;;/h1-5,8-9,12,18H,6-7H2,(H,21,22)(H,23,24);;;. The monoisotopic (exact) mass is 599 g/mol. The van der Waals surface area contributed by atoms with Crippen LogP contribution in [-0.4, -0.2) is 59.3 Å². The van der Waals surface area contributed by atoms with Gasteiger partial charge in [0.2, 0.25) is 0 Å². The molecular formula is C17H17N3O8Pb.